The van der Waals surface area contributed by atoms with Crippen LogP contribution in [0.1, 0.15) is 219 Å². The number of rotatable bonds is 43. The maximum Gasteiger partial charge on any atom is 0.306 e. The number of hydrogen-bond acceptors (Lipinski definition) is 10. The maximum absolute atomic E-state index is 12.8. The predicted molar refractivity (Wildman–Crippen MR) is 256 cm³/mol. The molecule has 1 saturated heterocycles. The van der Waals surface area contributed by atoms with Crippen LogP contribution in [0, 0.1) is 0 Å². The minimum Gasteiger partial charge on any atom is -0.462 e. The van der Waals surface area contributed by atoms with Crippen molar-refractivity contribution in [2.24, 2.45) is 0 Å². The number of hydrogen-bond donors (Lipinski definition) is 4. The summed E-state index contributed by atoms with van der Waals surface area (Å²) < 4.78 is 22.2. The van der Waals surface area contributed by atoms with Crippen LogP contribution in [0.3, 0.4) is 0 Å². The van der Waals surface area contributed by atoms with Gasteiger partial charge in [-0.2, -0.15) is 0 Å². The van der Waals surface area contributed by atoms with E-state index in [2.05, 4.69) is 62.5 Å². The largest absolute Gasteiger partial charge is 0.462 e. The molecule has 0 aromatic heterocycles. The Balaban J connectivity index is 2.25. The summed E-state index contributed by atoms with van der Waals surface area (Å²) in [5.74, 6) is -0.804. The lowest BCUT2D eigenvalue weighted by molar-refractivity contribution is -0.305. The molecule has 63 heavy (non-hydrogen) atoms. The van der Waals surface area contributed by atoms with E-state index in [4.69, 9.17) is 18.9 Å². The highest BCUT2D eigenvalue weighted by Gasteiger charge is 2.44. The molecule has 1 aliphatic rings. The quantitative estimate of drug-likeness (QED) is 0.0264. The number of carbonyl (C=O) groups is 2. The van der Waals surface area contributed by atoms with Crippen LogP contribution in [0.5, 0.6) is 0 Å². The molecule has 0 bridgehead atoms. The Labute approximate surface area is 384 Å². The van der Waals surface area contributed by atoms with Gasteiger partial charge in [-0.25, -0.2) is 0 Å². The van der Waals surface area contributed by atoms with Crippen LogP contribution >= 0.6 is 0 Å². The summed E-state index contributed by atoms with van der Waals surface area (Å²) in [6.45, 7) is 3.33. The van der Waals surface area contributed by atoms with Crippen molar-refractivity contribution in [1.29, 1.82) is 0 Å². The molecule has 0 aliphatic carbocycles. The van der Waals surface area contributed by atoms with Crippen molar-refractivity contribution in [3.63, 3.8) is 0 Å². The van der Waals surface area contributed by atoms with Crippen LogP contribution in [0.4, 0.5) is 0 Å². The van der Waals surface area contributed by atoms with E-state index in [9.17, 15) is 30.0 Å². The van der Waals surface area contributed by atoms with Crippen LogP contribution in [0.2, 0.25) is 0 Å². The molecular weight excluding hydrogens is 797 g/mol. The molecule has 6 atom stereocenters. The molecule has 366 valence electrons. The number of aliphatic hydroxyl groups is 4. The zero-order chi connectivity index (χ0) is 45.9. The van der Waals surface area contributed by atoms with Gasteiger partial charge in [-0.3, -0.25) is 9.59 Å². The molecule has 0 aromatic rings. The van der Waals surface area contributed by atoms with Gasteiger partial charge in [-0.1, -0.05) is 204 Å². The van der Waals surface area contributed by atoms with Crippen molar-refractivity contribution >= 4 is 11.9 Å². The fourth-order valence-electron chi connectivity index (χ4n) is 7.71. The number of esters is 2. The van der Waals surface area contributed by atoms with E-state index in [1.54, 1.807) is 0 Å². The molecule has 1 heterocycles. The summed E-state index contributed by atoms with van der Waals surface area (Å²) in [5.41, 5.74) is 0. The summed E-state index contributed by atoms with van der Waals surface area (Å²) in [5, 5.41) is 40.2. The highest BCUT2D eigenvalue weighted by molar-refractivity contribution is 5.70. The third-order valence-electron chi connectivity index (χ3n) is 11.7. The second-order valence-corrected chi connectivity index (χ2v) is 17.6. The van der Waals surface area contributed by atoms with Crippen molar-refractivity contribution in [2.75, 3.05) is 19.8 Å². The summed E-state index contributed by atoms with van der Waals surface area (Å²) in [4.78, 5) is 25.4. The summed E-state index contributed by atoms with van der Waals surface area (Å²) in [7, 11) is 0. The van der Waals surface area contributed by atoms with Gasteiger partial charge >= 0.3 is 11.9 Å². The third kappa shape index (κ3) is 34.6. The number of allylic oxidation sites excluding steroid dienone is 8. The second kappa shape index (κ2) is 43.5. The molecule has 0 saturated carbocycles. The normalized spacial score (nSPS) is 19.9. The van der Waals surface area contributed by atoms with Gasteiger partial charge in [0.1, 0.15) is 31.0 Å². The van der Waals surface area contributed by atoms with Crippen LogP contribution in [-0.2, 0) is 28.5 Å². The first kappa shape index (κ1) is 58.7. The summed E-state index contributed by atoms with van der Waals surface area (Å²) in [6, 6.07) is 0. The SMILES string of the molecule is CC/C=C\C/C=C\C/C=C\C/C=C\CCCCCCCCCCCCC(=O)OC(COC(=O)CCCCCCCCCCCCCCCCC)COC1OC(CO)C(O)C(O)C1O. The lowest BCUT2D eigenvalue weighted by Gasteiger charge is -2.39. The molecule has 10 nitrogen and oxygen atoms in total. The molecule has 1 fully saturated rings. The van der Waals surface area contributed by atoms with Crippen molar-refractivity contribution < 1.29 is 49.0 Å². The van der Waals surface area contributed by atoms with Gasteiger partial charge in [0.15, 0.2) is 12.4 Å². The minimum atomic E-state index is -1.60. The van der Waals surface area contributed by atoms with Gasteiger partial charge in [0.2, 0.25) is 0 Å². The van der Waals surface area contributed by atoms with Gasteiger partial charge < -0.3 is 39.4 Å². The Morgan fingerprint density at radius 1 is 0.508 bits per heavy atom. The van der Waals surface area contributed by atoms with E-state index in [0.29, 0.717) is 6.42 Å². The first-order chi connectivity index (χ1) is 30.8. The van der Waals surface area contributed by atoms with Gasteiger partial charge in [0.05, 0.1) is 13.2 Å². The molecule has 0 spiro atoms. The Bertz CT molecular complexity index is 1170. The van der Waals surface area contributed by atoms with Gasteiger partial charge in [0.25, 0.3) is 0 Å². The van der Waals surface area contributed by atoms with Gasteiger partial charge in [-0.15, -0.1) is 0 Å². The fourth-order valence-corrected chi connectivity index (χ4v) is 7.71. The van der Waals surface area contributed by atoms with E-state index in [-0.39, 0.29) is 32.0 Å². The number of unbranched alkanes of at least 4 members (excludes halogenated alkanes) is 24. The van der Waals surface area contributed by atoms with Crippen LogP contribution in [-0.4, -0.2) is 89.0 Å². The van der Waals surface area contributed by atoms with Crippen molar-refractivity contribution in [3.05, 3.63) is 48.6 Å². The molecule has 6 unspecified atom stereocenters. The third-order valence-corrected chi connectivity index (χ3v) is 11.7. The molecular formula is C53H94O10. The Morgan fingerprint density at radius 2 is 0.937 bits per heavy atom. The summed E-state index contributed by atoms with van der Waals surface area (Å²) >= 11 is 0. The van der Waals surface area contributed by atoms with E-state index in [1.165, 1.54) is 116 Å². The van der Waals surface area contributed by atoms with Crippen LogP contribution in [0.15, 0.2) is 48.6 Å². The topological polar surface area (TPSA) is 152 Å². The van der Waals surface area contributed by atoms with Crippen molar-refractivity contribution in [1.82, 2.24) is 0 Å². The average Bonchev–Trinajstić information content (AvgIpc) is 3.28. The fraction of sp³-hybridized carbons (Fsp3) is 0.811. The molecule has 4 N–H and O–H groups in total. The zero-order valence-corrected chi connectivity index (χ0v) is 40.1. The lowest BCUT2D eigenvalue weighted by Crippen LogP contribution is -2.59. The van der Waals surface area contributed by atoms with Crippen LogP contribution < -0.4 is 0 Å². The van der Waals surface area contributed by atoms with Crippen molar-refractivity contribution in [3.8, 4) is 0 Å². The lowest BCUT2D eigenvalue weighted by atomic mass is 9.99. The average molecular weight is 891 g/mol. The van der Waals surface area contributed by atoms with Crippen LogP contribution in [0.25, 0.3) is 0 Å². The van der Waals surface area contributed by atoms with E-state index < -0.39 is 49.4 Å². The smallest absolute Gasteiger partial charge is 0.306 e. The first-order valence-electron chi connectivity index (χ1n) is 25.7. The highest BCUT2D eigenvalue weighted by atomic mass is 16.7. The molecule has 0 amide bonds. The van der Waals surface area contributed by atoms with E-state index in [1.807, 2.05) is 0 Å². The Kier molecular flexibility index (Phi) is 40.6. The molecule has 1 rings (SSSR count). The Hall–Kier alpha value is -2.34. The standard InChI is InChI=1S/C53H94O10/c1-3-5-7-9-11-13-15-17-19-20-21-22-23-24-25-26-28-30-32-34-36-38-40-42-49(56)62-46(45-61-53-52(59)51(58)50(57)47(43-54)63-53)44-60-48(55)41-39-37-35-33-31-29-27-18-16-14-12-10-8-6-4-2/h5,7,11,13,17,19,21-22,46-47,50-54,57-59H,3-4,6,8-10,12,14-16,18,20,23-45H2,1-2H3/b7-5-,13-11-,19-17-,22-21-. The zero-order valence-electron chi connectivity index (χ0n) is 40.1. The van der Waals surface area contributed by atoms with E-state index in [0.717, 1.165) is 70.6 Å². The first-order valence-corrected chi connectivity index (χ1v) is 25.7. The number of ether oxygens (including phenoxy) is 4. The molecule has 10 heteroatoms. The second-order valence-electron chi connectivity index (χ2n) is 17.6. The molecule has 0 radical (unpaired) electrons. The molecule has 0 aromatic carbocycles. The number of carbonyl (C=O) groups excluding carboxylic acids is 2. The monoisotopic (exact) mass is 891 g/mol. The predicted octanol–water partition coefficient (Wildman–Crippen LogP) is 12.0. The molecule has 1 aliphatic heterocycles. The number of aliphatic hydroxyl groups excluding tert-OH is 4. The minimum absolute atomic E-state index is 0.217. The van der Waals surface area contributed by atoms with Crippen molar-refractivity contribution in [2.45, 2.75) is 256 Å². The van der Waals surface area contributed by atoms with E-state index >= 15 is 0 Å². The Morgan fingerprint density at radius 3 is 1.41 bits per heavy atom. The van der Waals surface area contributed by atoms with Gasteiger partial charge in [0, 0.05) is 12.8 Å². The maximum atomic E-state index is 12.8. The highest BCUT2D eigenvalue weighted by Crippen LogP contribution is 2.23. The summed E-state index contributed by atoms with van der Waals surface area (Å²) in [6.07, 6.45) is 45.4. The van der Waals surface area contributed by atoms with Gasteiger partial charge in [-0.05, 0) is 51.4 Å².